The molecule has 0 spiro atoms. The Morgan fingerprint density at radius 1 is 1.29 bits per heavy atom. The summed E-state index contributed by atoms with van der Waals surface area (Å²) in [4.78, 5) is 11.8. The lowest BCUT2D eigenvalue weighted by Crippen LogP contribution is -2.40. The molecular weight excluding hydrogens is 222 g/mol. The topological polar surface area (TPSA) is 78.8 Å². The molecule has 1 heterocycles. The van der Waals surface area contributed by atoms with E-state index in [1.807, 2.05) is 0 Å². The van der Waals surface area contributed by atoms with E-state index in [0.717, 1.165) is 19.4 Å². The largest absolute Gasteiger partial charge is 0.508 e. The summed E-state index contributed by atoms with van der Waals surface area (Å²) in [5.41, 5.74) is 0.244. The Kier molecular flexibility index (Phi) is 3.49. The summed E-state index contributed by atoms with van der Waals surface area (Å²) in [5.74, 6) is -0.572. The third kappa shape index (κ3) is 3.10. The minimum absolute atomic E-state index is 0.000687. The van der Waals surface area contributed by atoms with Gasteiger partial charge in [0.2, 0.25) is 0 Å². The lowest BCUT2D eigenvalue weighted by Gasteiger charge is -2.23. The van der Waals surface area contributed by atoms with Gasteiger partial charge < -0.3 is 20.3 Å². The molecular formula is C12H15NO4. The van der Waals surface area contributed by atoms with Crippen LogP contribution in [0.1, 0.15) is 23.2 Å². The van der Waals surface area contributed by atoms with Gasteiger partial charge in [0.25, 0.3) is 5.91 Å². The summed E-state index contributed by atoms with van der Waals surface area (Å²) >= 11 is 0. The molecule has 1 aromatic rings. The van der Waals surface area contributed by atoms with Crippen LogP contribution in [0.15, 0.2) is 18.2 Å². The Morgan fingerprint density at radius 3 is 2.59 bits per heavy atom. The molecule has 0 aromatic heterocycles. The van der Waals surface area contributed by atoms with Crippen LogP contribution in [-0.2, 0) is 4.74 Å². The average molecular weight is 237 g/mol. The molecule has 0 aliphatic carbocycles. The normalized spacial score (nSPS) is 19.9. The molecule has 1 atom stereocenters. The number of hydrogen-bond donors (Lipinski definition) is 3. The highest BCUT2D eigenvalue weighted by atomic mass is 16.5. The molecule has 1 saturated heterocycles. The Balaban J connectivity index is 2.03. The molecule has 2 rings (SSSR count). The zero-order valence-corrected chi connectivity index (χ0v) is 9.35. The van der Waals surface area contributed by atoms with Gasteiger partial charge >= 0.3 is 0 Å². The molecule has 1 fully saturated rings. The van der Waals surface area contributed by atoms with Gasteiger partial charge in [-0.2, -0.15) is 0 Å². The third-order valence-corrected chi connectivity index (χ3v) is 2.66. The number of carbonyl (C=O) groups excluding carboxylic acids is 1. The van der Waals surface area contributed by atoms with E-state index in [0.29, 0.717) is 6.61 Å². The summed E-state index contributed by atoms with van der Waals surface area (Å²) in [6.45, 7) is 1.25. The van der Waals surface area contributed by atoms with Crippen molar-refractivity contribution in [3.8, 4) is 11.5 Å². The van der Waals surface area contributed by atoms with Crippen molar-refractivity contribution in [1.29, 1.82) is 0 Å². The molecule has 1 amide bonds. The van der Waals surface area contributed by atoms with E-state index in [9.17, 15) is 15.0 Å². The quantitative estimate of drug-likeness (QED) is 0.717. The minimum atomic E-state index is -0.313. The number of ether oxygens (including phenoxy) is 1. The van der Waals surface area contributed by atoms with E-state index < -0.39 is 0 Å². The fourth-order valence-corrected chi connectivity index (χ4v) is 1.85. The van der Waals surface area contributed by atoms with E-state index in [2.05, 4.69) is 5.32 Å². The molecule has 1 aliphatic rings. The molecule has 0 saturated carbocycles. The highest BCUT2D eigenvalue weighted by Gasteiger charge is 2.17. The SMILES string of the molecule is O=C(NC1CCCOC1)c1cc(O)cc(O)c1. The standard InChI is InChI=1S/C12H15NO4/c14-10-4-8(5-11(15)6-10)12(16)13-9-2-1-3-17-7-9/h4-6,9,14-15H,1-3,7H2,(H,13,16). The maximum Gasteiger partial charge on any atom is 0.251 e. The van der Waals surface area contributed by atoms with Crippen molar-refractivity contribution < 1.29 is 19.7 Å². The highest BCUT2D eigenvalue weighted by molar-refractivity contribution is 5.95. The predicted octanol–water partition coefficient (Wildman–Crippen LogP) is 1.01. The molecule has 92 valence electrons. The van der Waals surface area contributed by atoms with Gasteiger partial charge in [0.1, 0.15) is 11.5 Å². The minimum Gasteiger partial charge on any atom is -0.508 e. The number of rotatable bonds is 2. The number of benzene rings is 1. The lowest BCUT2D eigenvalue weighted by atomic mass is 10.1. The van der Waals surface area contributed by atoms with Crippen LogP contribution in [-0.4, -0.2) is 35.4 Å². The number of phenols is 2. The number of nitrogens with one attached hydrogen (secondary N) is 1. The van der Waals surface area contributed by atoms with E-state index >= 15 is 0 Å². The van der Waals surface area contributed by atoms with Crippen molar-refractivity contribution in [1.82, 2.24) is 5.32 Å². The summed E-state index contributed by atoms with van der Waals surface area (Å²) in [6.07, 6.45) is 1.81. The molecule has 0 bridgehead atoms. The van der Waals surface area contributed by atoms with Crippen molar-refractivity contribution in [2.75, 3.05) is 13.2 Å². The van der Waals surface area contributed by atoms with Crippen LogP contribution in [0.3, 0.4) is 0 Å². The van der Waals surface area contributed by atoms with Crippen molar-refractivity contribution in [2.45, 2.75) is 18.9 Å². The van der Waals surface area contributed by atoms with E-state index in [-0.39, 0.29) is 29.0 Å². The maximum absolute atomic E-state index is 11.8. The smallest absolute Gasteiger partial charge is 0.251 e. The molecule has 5 heteroatoms. The monoisotopic (exact) mass is 237 g/mol. The molecule has 1 aromatic carbocycles. The Labute approximate surface area is 99.0 Å². The second kappa shape index (κ2) is 5.05. The second-order valence-corrected chi connectivity index (χ2v) is 4.13. The number of phenolic OH excluding ortho intramolecular Hbond substituents is 2. The van der Waals surface area contributed by atoms with Crippen molar-refractivity contribution in [3.63, 3.8) is 0 Å². The fourth-order valence-electron chi connectivity index (χ4n) is 1.85. The first-order chi connectivity index (χ1) is 8.15. The van der Waals surface area contributed by atoms with Gasteiger partial charge in [-0.1, -0.05) is 0 Å². The Bertz CT molecular complexity index is 393. The predicted molar refractivity (Wildman–Crippen MR) is 61.1 cm³/mol. The summed E-state index contributed by atoms with van der Waals surface area (Å²) in [5, 5.41) is 21.4. The van der Waals surface area contributed by atoms with E-state index in [1.165, 1.54) is 18.2 Å². The van der Waals surface area contributed by atoms with Gasteiger partial charge in [-0.15, -0.1) is 0 Å². The fraction of sp³-hybridized carbons (Fsp3) is 0.417. The molecule has 5 nitrogen and oxygen atoms in total. The van der Waals surface area contributed by atoms with Crippen molar-refractivity contribution in [3.05, 3.63) is 23.8 Å². The van der Waals surface area contributed by atoms with Crippen LogP contribution in [0.4, 0.5) is 0 Å². The second-order valence-electron chi connectivity index (χ2n) is 4.13. The number of carbonyl (C=O) groups is 1. The molecule has 1 unspecified atom stereocenters. The summed E-state index contributed by atoms with van der Waals surface area (Å²) in [7, 11) is 0. The Hall–Kier alpha value is -1.75. The van der Waals surface area contributed by atoms with Crippen LogP contribution in [0.2, 0.25) is 0 Å². The third-order valence-electron chi connectivity index (χ3n) is 2.66. The van der Waals surface area contributed by atoms with Gasteiger partial charge in [0.05, 0.1) is 12.6 Å². The molecule has 0 radical (unpaired) electrons. The zero-order chi connectivity index (χ0) is 12.3. The zero-order valence-electron chi connectivity index (χ0n) is 9.35. The number of aromatic hydroxyl groups is 2. The molecule has 17 heavy (non-hydrogen) atoms. The molecule has 3 N–H and O–H groups in total. The van der Waals surface area contributed by atoms with Gasteiger partial charge in [-0.25, -0.2) is 0 Å². The van der Waals surface area contributed by atoms with Gasteiger partial charge in [-0.3, -0.25) is 4.79 Å². The Morgan fingerprint density at radius 2 is 2.00 bits per heavy atom. The van der Waals surface area contributed by atoms with Crippen LogP contribution in [0.5, 0.6) is 11.5 Å². The molecule has 1 aliphatic heterocycles. The van der Waals surface area contributed by atoms with Gasteiger partial charge in [0, 0.05) is 18.2 Å². The van der Waals surface area contributed by atoms with Gasteiger partial charge in [0.15, 0.2) is 0 Å². The first kappa shape index (κ1) is 11.7. The van der Waals surface area contributed by atoms with Crippen molar-refractivity contribution >= 4 is 5.91 Å². The number of amides is 1. The van der Waals surface area contributed by atoms with Crippen LogP contribution in [0.25, 0.3) is 0 Å². The van der Waals surface area contributed by atoms with Crippen LogP contribution < -0.4 is 5.32 Å². The number of hydrogen-bond acceptors (Lipinski definition) is 4. The van der Waals surface area contributed by atoms with Gasteiger partial charge in [-0.05, 0) is 25.0 Å². The van der Waals surface area contributed by atoms with E-state index in [1.54, 1.807) is 0 Å². The van der Waals surface area contributed by atoms with E-state index in [4.69, 9.17) is 4.74 Å². The van der Waals surface area contributed by atoms with Crippen molar-refractivity contribution in [2.24, 2.45) is 0 Å². The first-order valence-electron chi connectivity index (χ1n) is 5.57. The summed E-state index contributed by atoms with van der Waals surface area (Å²) in [6, 6.07) is 3.82. The highest BCUT2D eigenvalue weighted by Crippen LogP contribution is 2.20. The maximum atomic E-state index is 11.8. The first-order valence-corrected chi connectivity index (χ1v) is 5.57. The average Bonchev–Trinajstić information content (AvgIpc) is 2.29. The lowest BCUT2D eigenvalue weighted by molar-refractivity contribution is 0.0624. The van der Waals surface area contributed by atoms with Crippen LogP contribution >= 0.6 is 0 Å². The van der Waals surface area contributed by atoms with Crippen LogP contribution in [0, 0.1) is 0 Å². The summed E-state index contributed by atoms with van der Waals surface area (Å²) < 4.78 is 5.25.